The number of carbonyl (C=O) groups excluding carboxylic acids is 1. The predicted octanol–water partition coefficient (Wildman–Crippen LogP) is 5.35. The molecule has 1 aromatic heterocycles. The summed E-state index contributed by atoms with van der Waals surface area (Å²) in [6.07, 6.45) is 2.04. The van der Waals surface area contributed by atoms with Crippen molar-refractivity contribution in [1.29, 1.82) is 0 Å². The molecule has 0 N–H and O–H groups in total. The van der Waals surface area contributed by atoms with Crippen molar-refractivity contribution in [1.82, 2.24) is 14.7 Å². The van der Waals surface area contributed by atoms with Crippen molar-refractivity contribution in [3.63, 3.8) is 0 Å². The summed E-state index contributed by atoms with van der Waals surface area (Å²) in [5.41, 5.74) is 3.99. The second kappa shape index (κ2) is 8.71. The van der Waals surface area contributed by atoms with Gasteiger partial charge in [0.15, 0.2) is 0 Å². The molecule has 3 aromatic carbocycles. The summed E-state index contributed by atoms with van der Waals surface area (Å²) in [4.78, 5) is 16.0. The molecule has 160 valence electrons. The molecule has 0 saturated heterocycles. The van der Waals surface area contributed by atoms with Crippen LogP contribution in [0.2, 0.25) is 0 Å². The summed E-state index contributed by atoms with van der Waals surface area (Å²) in [6.45, 7) is 0.568. The highest BCUT2D eigenvalue weighted by atomic mass is 16.5. The van der Waals surface area contributed by atoms with Gasteiger partial charge < -0.3 is 9.64 Å². The number of nitrogens with zero attached hydrogens (tertiary/aromatic N) is 3. The Morgan fingerprint density at radius 2 is 1.53 bits per heavy atom. The molecule has 1 aliphatic rings. The molecule has 4 aromatic rings. The Kier molecular flexibility index (Phi) is 5.46. The number of para-hydroxylation sites is 1. The molecule has 1 saturated carbocycles. The summed E-state index contributed by atoms with van der Waals surface area (Å²) in [5.74, 6) is 0.410. The SMILES string of the molecule is COc1c(C(=O)N(Cc2ccccc2)C2CC2)c(-c2ccccc2)nn1-c1ccccc1. The van der Waals surface area contributed by atoms with Crippen molar-refractivity contribution in [3.05, 3.63) is 102 Å². The van der Waals surface area contributed by atoms with E-state index >= 15 is 0 Å². The normalized spacial score (nSPS) is 13.0. The van der Waals surface area contributed by atoms with Gasteiger partial charge in [0.05, 0.1) is 12.8 Å². The van der Waals surface area contributed by atoms with Crippen LogP contribution in [0.1, 0.15) is 28.8 Å². The molecule has 0 bridgehead atoms. The summed E-state index contributed by atoms with van der Waals surface area (Å²) < 4.78 is 7.53. The fraction of sp³-hybridized carbons (Fsp3) is 0.185. The molecule has 1 heterocycles. The van der Waals surface area contributed by atoms with Crippen molar-refractivity contribution < 1.29 is 9.53 Å². The van der Waals surface area contributed by atoms with E-state index in [1.807, 2.05) is 83.8 Å². The Hall–Kier alpha value is -3.86. The molecule has 5 nitrogen and oxygen atoms in total. The predicted molar refractivity (Wildman–Crippen MR) is 125 cm³/mol. The highest BCUT2D eigenvalue weighted by Gasteiger charge is 2.37. The quantitative estimate of drug-likeness (QED) is 0.402. The zero-order valence-corrected chi connectivity index (χ0v) is 18.0. The van der Waals surface area contributed by atoms with E-state index in [4.69, 9.17) is 9.84 Å². The summed E-state index contributed by atoms with van der Waals surface area (Å²) in [5, 5.41) is 4.86. The number of amides is 1. The number of ether oxygens (including phenoxy) is 1. The van der Waals surface area contributed by atoms with Crippen molar-refractivity contribution in [2.75, 3.05) is 7.11 Å². The van der Waals surface area contributed by atoms with Crippen LogP contribution in [-0.2, 0) is 6.54 Å². The maximum absolute atomic E-state index is 14.0. The molecule has 1 fully saturated rings. The third-order valence-electron chi connectivity index (χ3n) is 5.74. The van der Waals surface area contributed by atoms with Gasteiger partial charge in [-0.3, -0.25) is 4.79 Å². The van der Waals surface area contributed by atoms with Gasteiger partial charge in [-0.1, -0.05) is 78.9 Å². The van der Waals surface area contributed by atoms with Gasteiger partial charge in [0, 0.05) is 18.2 Å². The van der Waals surface area contributed by atoms with Crippen molar-refractivity contribution in [2.24, 2.45) is 0 Å². The minimum Gasteiger partial charge on any atom is -0.480 e. The third-order valence-corrected chi connectivity index (χ3v) is 5.74. The van der Waals surface area contributed by atoms with Crippen LogP contribution in [0.25, 0.3) is 16.9 Å². The number of benzene rings is 3. The van der Waals surface area contributed by atoms with Crippen LogP contribution in [0.15, 0.2) is 91.0 Å². The largest absolute Gasteiger partial charge is 0.480 e. The topological polar surface area (TPSA) is 47.4 Å². The first-order chi connectivity index (χ1) is 15.8. The summed E-state index contributed by atoms with van der Waals surface area (Å²) in [7, 11) is 1.60. The van der Waals surface area contributed by atoms with Crippen molar-refractivity contribution >= 4 is 5.91 Å². The van der Waals surface area contributed by atoms with Gasteiger partial charge in [-0.15, -0.1) is 0 Å². The smallest absolute Gasteiger partial charge is 0.262 e. The van der Waals surface area contributed by atoms with Crippen LogP contribution >= 0.6 is 0 Å². The van der Waals surface area contributed by atoms with Crippen molar-refractivity contribution in [2.45, 2.75) is 25.4 Å². The van der Waals surface area contributed by atoms with Gasteiger partial charge in [0.25, 0.3) is 5.91 Å². The van der Waals surface area contributed by atoms with Gasteiger partial charge in [-0.25, -0.2) is 0 Å². The maximum atomic E-state index is 14.0. The molecular weight excluding hydrogens is 398 g/mol. The molecule has 5 rings (SSSR count). The van der Waals surface area contributed by atoms with E-state index < -0.39 is 0 Å². The van der Waals surface area contributed by atoms with Crippen LogP contribution < -0.4 is 4.74 Å². The van der Waals surface area contributed by atoms with Crippen LogP contribution in [-0.4, -0.2) is 33.7 Å². The van der Waals surface area contributed by atoms with Crippen LogP contribution in [0.5, 0.6) is 5.88 Å². The standard InChI is InChI=1S/C27H25N3O2/c1-32-27-24(26(31)29(22-17-18-22)19-20-11-5-2-6-12-20)25(21-13-7-3-8-14-21)28-30(27)23-15-9-4-10-16-23/h2-16,22H,17-19H2,1H3. The lowest BCUT2D eigenvalue weighted by Gasteiger charge is -2.23. The number of aromatic nitrogens is 2. The van der Waals surface area contributed by atoms with E-state index in [-0.39, 0.29) is 11.9 Å². The molecule has 0 atom stereocenters. The second-order valence-corrected chi connectivity index (χ2v) is 8.00. The number of methoxy groups -OCH3 is 1. The first-order valence-electron chi connectivity index (χ1n) is 10.9. The van der Waals surface area contributed by atoms with Gasteiger partial charge in [0.1, 0.15) is 11.3 Å². The Bertz CT molecular complexity index is 1200. The molecule has 0 aliphatic heterocycles. The Morgan fingerprint density at radius 3 is 2.12 bits per heavy atom. The molecule has 1 amide bonds. The first-order valence-corrected chi connectivity index (χ1v) is 10.9. The van der Waals surface area contributed by atoms with E-state index in [0.29, 0.717) is 23.7 Å². The number of carbonyl (C=O) groups is 1. The van der Waals surface area contributed by atoms with Gasteiger partial charge in [-0.05, 0) is 30.5 Å². The van der Waals surface area contributed by atoms with Crippen LogP contribution in [0, 0.1) is 0 Å². The lowest BCUT2D eigenvalue weighted by molar-refractivity contribution is 0.0727. The molecular formula is C27H25N3O2. The van der Waals surface area contributed by atoms with Gasteiger partial charge in [-0.2, -0.15) is 9.78 Å². The molecule has 0 unspecified atom stereocenters. The van der Waals surface area contributed by atoms with Crippen molar-refractivity contribution in [3.8, 4) is 22.8 Å². The molecule has 5 heteroatoms. The van der Waals surface area contributed by atoms with E-state index in [2.05, 4.69) is 12.1 Å². The van der Waals surface area contributed by atoms with E-state index in [1.54, 1.807) is 11.8 Å². The Balaban J connectivity index is 1.64. The lowest BCUT2D eigenvalue weighted by Crippen LogP contribution is -2.33. The maximum Gasteiger partial charge on any atom is 0.262 e. The third kappa shape index (κ3) is 3.89. The van der Waals surface area contributed by atoms with Gasteiger partial charge >= 0.3 is 0 Å². The highest BCUT2D eigenvalue weighted by molar-refractivity contribution is 6.02. The van der Waals surface area contributed by atoms with Crippen LogP contribution in [0.4, 0.5) is 0 Å². The van der Waals surface area contributed by atoms with Crippen LogP contribution in [0.3, 0.4) is 0 Å². The second-order valence-electron chi connectivity index (χ2n) is 8.00. The average molecular weight is 424 g/mol. The minimum absolute atomic E-state index is 0.0470. The zero-order chi connectivity index (χ0) is 21.9. The van der Waals surface area contributed by atoms with Gasteiger partial charge in [0.2, 0.25) is 5.88 Å². The zero-order valence-electron chi connectivity index (χ0n) is 18.0. The molecule has 32 heavy (non-hydrogen) atoms. The van der Waals surface area contributed by atoms with E-state index in [0.717, 1.165) is 29.7 Å². The Labute approximate surface area is 187 Å². The Morgan fingerprint density at radius 1 is 0.938 bits per heavy atom. The van der Waals surface area contributed by atoms with E-state index in [9.17, 15) is 4.79 Å². The summed E-state index contributed by atoms with van der Waals surface area (Å²) >= 11 is 0. The minimum atomic E-state index is -0.0470. The fourth-order valence-corrected chi connectivity index (χ4v) is 4.00. The highest BCUT2D eigenvalue weighted by Crippen LogP contribution is 2.37. The summed E-state index contributed by atoms with van der Waals surface area (Å²) in [6, 6.07) is 30.0. The number of hydrogen-bond acceptors (Lipinski definition) is 3. The lowest BCUT2D eigenvalue weighted by atomic mass is 10.1. The molecule has 1 aliphatic carbocycles. The average Bonchev–Trinajstić information content (AvgIpc) is 3.62. The van der Waals surface area contributed by atoms with E-state index in [1.165, 1.54) is 0 Å². The first kappa shape index (κ1) is 20.1. The monoisotopic (exact) mass is 423 g/mol. The number of rotatable bonds is 7. The molecule has 0 spiro atoms. The molecule has 0 radical (unpaired) electrons. The number of hydrogen-bond donors (Lipinski definition) is 0. The fourth-order valence-electron chi connectivity index (χ4n) is 4.00.